The normalized spacial score (nSPS) is 14.4. The summed E-state index contributed by atoms with van der Waals surface area (Å²) in [5, 5.41) is 2.52. The van der Waals surface area contributed by atoms with Gasteiger partial charge in [0.25, 0.3) is 0 Å². The first kappa shape index (κ1) is 14.8. The molecule has 0 radical (unpaired) electrons. The molecule has 0 atom stereocenters. The summed E-state index contributed by atoms with van der Waals surface area (Å²) >= 11 is 0. The van der Waals surface area contributed by atoms with Gasteiger partial charge in [-0.05, 0) is 46.9 Å². The number of aryl methyl sites for hydroxylation is 1. The van der Waals surface area contributed by atoms with Crippen LogP contribution < -0.4 is 0 Å². The van der Waals surface area contributed by atoms with Crippen LogP contribution in [0.3, 0.4) is 0 Å². The van der Waals surface area contributed by atoms with E-state index in [1.54, 1.807) is 0 Å². The highest BCUT2D eigenvalue weighted by molar-refractivity contribution is 6.14. The Morgan fingerprint density at radius 1 is 0.593 bits per heavy atom. The number of hydrogen-bond donors (Lipinski definition) is 0. The van der Waals surface area contributed by atoms with Crippen LogP contribution in [0.25, 0.3) is 21.9 Å². The van der Waals surface area contributed by atoms with E-state index >= 15 is 0 Å². The number of benzene rings is 4. The minimum absolute atomic E-state index is 0.312. The van der Waals surface area contributed by atoms with E-state index in [4.69, 9.17) is 4.42 Å². The van der Waals surface area contributed by atoms with Crippen LogP contribution in [0.2, 0.25) is 0 Å². The summed E-state index contributed by atoms with van der Waals surface area (Å²) in [6, 6.07) is 32.7. The van der Waals surface area contributed by atoms with Crippen LogP contribution in [0.15, 0.2) is 95.4 Å². The third-order valence-electron chi connectivity index (χ3n) is 5.96. The zero-order valence-corrected chi connectivity index (χ0v) is 15.1. The van der Waals surface area contributed by atoms with Crippen LogP contribution in [0, 0.1) is 6.92 Å². The van der Waals surface area contributed by atoms with Gasteiger partial charge in [0, 0.05) is 10.8 Å². The Bertz CT molecular complexity index is 1270. The maximum absolute atomic E-state index is 6.22. The van der Waals surface area contributed by atoms with Crippen molar-refractivity contribution in [2.75, 3.05) is 0 Å². The molecule has 1 aliphatic rings. The summed E-state index contributed by atoms with van der Waals surface area (Å²) in [6.07, 6.45) is 0. The van der Waals surface area contributed by atoms with Gasteiger partial charge in [-0.25, -0.2) is 0 Å². The number of furan rings is 1. The molecule has 27 heavy (non-hydrogen) atoms. The third-order valence-corrected chi connectivity index (χ3v) is 5.96. The molecule has 0 saturated heterocycles. The molecule has 1 aliphatic carbocycles. The molecule has 0 fully saturated rings. The topological polar surface area (TPSA) is 13.1 Å². The Morgan fingerprint density at radius 2 is 1.22 bits per heavy atom. The first-order chi connectivity index (χ1) is 13.3. The van der Waals surface area contributed by atoms with E-state index in [1.807, 2.05) is 0 Å². The fraction of sp³-hybridized carbons (Fsp3) is 0.0769. The number of rotatable bonds is 2. The minimum atomic E-state index is -0.312. The Balaban J connectivity index is 1.89. The lowest BCUT2D eigenvalue weighted by atomic mass is 9.67. The van der Waals surface area contributed by atoms with Gasteiger partial charge in [-0.2, -0.15) is 0 Å². The van der Waals surface area contributed by atoms with Crippen LogP contribution in [0.4, 0.5) is 0 Å². The molecule has 1 nitrogen and oxygen atoms in total. The SMILES string of the molecule is Cc1cc2c3c(c1)oc1cccc(c13)C2(c1ccccc1)c1ccccc1. The molecule has 1 aromatic heterocycles. The van der Waals surface area contributed by atoms with Crippen molar-refractivity contribution in [3.63, 3.8) is 0 Å². The Morgan fingerprint density at radius 3 is 1.89 bits per heavy atom. The van der Waals surface area contributed by atoms with Crippen molar-refractivity contribution in [3.8, 4) is 0 Å². The lowest BCUT2D eigenvalue weighted by Gasteiger charge is -2.34. The van der Waals surface area contributed by atoms with Gasteiger partial charge >= 0.3 is 0 Å². The highest BCUT2D eigenvalue weighted by Gasteiger charge is 2.46. The molecular formula is C26H18O. The van der Waals surface area contributed by atoms with Gasteiger partial charge in [0.15, 0.2) is 0 Å². The van der Waals surface area contributed by atoms with Crippen LogP contribution in [-0.2, 0) is 5.41 Å². The van der Waals surface area contributed by atoms with Crippen molar-refractivity contribution in [1.82, 2.24) is 0 Å². The van der Waals surface area contributed by atoms with E-state index < -0.39 is 0 Å². The van der Waals surface area contributed by atoms with E-state index in [-0.39, 0.29) is 5.41 Å². The zero-order valence-electron chi connectivity index (χ0n) is 15.1. The average molecular weight is 346 g/mol. The number of hydrogen-bond acceptors (Lipinski definition) is 1. The third kappa shape index (κ3) is 1.74. The van der Waals surface area contributed by atoms with Gasteiger partial charge < -0.3 is 4.42 Å². The first-order valence-corrected chi connectivity index (χ1v) is 9.38. The Kier molecular flexibility index (Phi) is 2.80. The van der Waals surface area contributed by atoms with Gasteiger partial charge in [0.1, 0.15) is 11.2 Å². The molecule has 0 amide bonds. The second-order valence-corrected chi connectivity index (χ2v) is 7.45. The molecule has 5 aromatic rings. The van der Waals surface area contributed by atoms with Crippen molar-refractivity contribution >= 4 is 21.9 Å². The second-order valence-electron chi connectivity index (χ2n) is 7.45. The van der Waals surface area contributed by atoms with Gasteiger partial charge in [-0.1, -0.05) is 78.9 Å². The first-order valence-electron chi connectivity index (χ1n) is 9.38. The summed E-state index contributed by atoms with van der Waals surface area (Å²) in [5.41, 5.74) is 8.12. The molecule has 0 spiro atoms. The second kappa shape index (κ2) is 5.11. The molecule has 128 valence electrons. The Labute approximate surface area is 157 Å². The van der Waals surface area contributed by atoms with Crippen molar-refractivity contribution in [2.45, 2.75) is 12.3 Å². The van der Waals surface area contributed by atoms with Gasteiger partial charge in [-0.15, -0.1) is 0 Å². The predicted octanol–water partition coefficient (Wildman–Crippen LogP) is 6.59. The quantitative estimate of drug-likeness (QED) is 0.345. The van der Waals surface area contributed by atoms with Gasteiger partial charge in [0.2, 0.25) is 0 Å². The van der Waals surface area contributed by atoms with E-state index in [0.717, 1.165) is 11.2 Å². The fourth-order valence-electron chi connectivity index (χ4n) is 5.00. The molecular weight excluding hydrogens is 328 g/mol. The van der Waals surface area contributed by atoms with Crippen LogP contribution in [-0.4, -0.2) is 0 Å². The molecule has 0 unspecified atom stereocenters. The lowest BCUT2D eigenvalue weighted by Crippen LogP contribution is -2.28. The van der Waals surface area contributed by atoms with E-state index in [2.05, 4.69) is 97.9 Å². The molecule has 6 rings (SSSR count). The monoisotopic (exact) mass is 346 g/mol. The van der Waals surface area contributed by atoms with E-state index in [1.165, 1.54) is 38.6 Å². The zero-order chi connectivity index (χ0) is 18.0. The largest absolute Gasteiger partial charge is 0.456 e. The summed E-state index contributed by atoms with van der Waals surface area (Å²) in [6.45, 7) is 2.15. The van der Waals surface area contributed by atoms with Crippen LogP contribution in [0.5, 0.6) is 0 Å². The van der Waals surface area contributed by atoms with Gasteiger partial charge in [0.05, 0.1) is 5.41 Å². The molecule has 0 aliphatic heterocycles. The van der Waals surface area contributed by atoms with E-state index in [0.29, 0.717) is 0 Å². The molecule has 0 bridgehead atoms. The van der Waals surface area contributed by atoms with Crippen molar-refractivity contribution in [3.05, 3.63) is 119 Å². The van der Waals surface area contributed by atoms with E-state index in [9.17, 15) is 0 Å². The predicted molar refractivity (Wildman–Crippen MR) is 110 cm³/mol. The fourth-order valence-corrected chi connectivity index (χ4v) is 5.00. The summed E-state index contributed by atoms with van der Waals surface area (Å²) in [4.78, 5) is 0. The minimum Gasteiger partial charge on any atom is -0.456 e. The van der Waals surface area contributed by atoms with Crippen LogP contribution >= 0.6 is 0 Å². The maximum atomic E-state index is 6.22. The summed E-state index contributed by atoms with van der Waals surface area (Å²) < 4.78 is 6.22. The van der Waals surface area contributed by atoms with Crippen LogP contribution in [0.1, 0.15) is 27.8 Å². The summed E-state index contributed by atoms with van der Waals surface area (Å²) in [7, 11) is 0. The lowest BCUT2D eigenvalue weighted by molar-refractivity contribution is 0.663. The highest BCUT2D eigenvalue weighted by atomic mass is 16.3. The molecule has 4 aromatic carbocycles. The molecule has 0 N–H and O–H groups in total. The molecule has 1 heteroatoms. The summed E-state index contributed by atoms with van der Waals surface area (Å²) in [5.74, 6) is 0. The van der Waals surface area contributed by atoms with Gasteiger partial charge in [-0.3, -0.25) is 0 Å². The Hall–Kier alpha value is -3.32. The highest BCUT2D eigenvalue weighted by Crippen LogP contribution is 2.56. The molecule has 0 saturated carbocycles. The smallest absolute Gasteiger partial charge is 0.136 e. The van der Waals surface area contributed by atoms with Crippen molar-refractivity contribution in [1.29, 1.82) is 0 Å². The van der Waals surface area contributed by atoms with Crippen molar-refractivity contribution in [2.24, 2.45) is 0 Å². The molecule has 1 heterocycles. The average Bonchev–Trinajstić information content (AvgIpc) is 3.23. The van der Waals surface area contributed by atoms with Crippen molar-refractivity contribution < 1.29 is 4.42 Å². The standard InChI is InChI=1S/C26H18O/c1-17-15-21-25-23(16-17)27-22-14-8-13-20(24(22)25)26(21,18-9-4-2-5-10-18)19-11-6-3-7-12-19/h2-16H,1H3. The maximum Gasteiger partial charge on any atom is 0.136 e.